The first-order valence-electron chi connectivity index (χ1n) is 4.82. The highest BCUT2D eigenvalue weighted by Crippen LogP contribution is 2.41. The van der Waals surface area contributed by atoms with E-state index in [1.54, 1.807) is 6.07 Å². The first-order valence-corrected chi connectivity index (χ1v) is 4.82. The lowest BCUT2D eigenvalue weighted by Gasteiger charge is -2.20. The van der Waals surface area contributed by atoms with E-state index in [2.05, 4.69) is 0 Å². The van der Waals surface area contributed by atoms with E-state index < -0.39 is 5.79 Å². The summed E-state index contributed by atoms with van der Waals surface area (Å²) < 4.78 is 23.8. The van der Waals surface area contributed by atoms with Gasteiger partial charge in [-0.2, -0.15) is 0 Å². The quantitative estimate of drug-likeness (QED) is 0.641. The molecule has 0 aromatic heterocycles. The molecule has 1 fully saturated rings. The lowest BCUT2D eigenvalue weighted by molar-refractivity contribution is -0.180. The van der Waals surface area contributed by atoms with Gasteiger partial charge in [-0.15, -0.1) is 0 Å². The molecular formula is C11H9FO3. The topological polar surface area (TPSA) is 35.5 Å². The van der Waals surface area contributed by atoms with Crippen LogP contribution in [0, 0.1) is 5.82 Å². The Hall–Kier alpha value is -1.26. The Labute approximate surface area is 85.8 Å². The van der Waals surface area contributed by atoms with E-state index in [4.69, 9.17) is 9.47 Å². The van der Waals surface area contributed by atoms with Gasteiger partial charge >= 0.3 is 0 Å². The highest BCUT2D eigenvalue weighted by atomic mass is 19.1. The summed E-state index contributed by atoms with van der Waals surface area (Å²) >= 11 is 0. The number of hydrogen-bond acceptors (Lipinski definition) is 3. The summed E-state index contributed by atoms with van der Waals surface area (Å²) in [4.78, 5) is 11.8. The van der Waals surface area contributed by atoms with Crippen LogP contribution in [-0.4, -0.2) is 19.0 Å². The van der Waals surface area contributed by atoms with Gasteiger partial charge in [0, 0.05) is 12.0 Å². The first kappa shape index (κ1) is 9.00. The van der Waals surface area contributed by atoms with Crippen molar-refractivity contribution < 1.29 is 18.7 Å². The van der Waals surface area contributed by atoms with Crippen molar-refractivity contribution in [2.45, 2.75) is 12.2 Å². The maximum absolute atomic E-state index is 13.1. The molecule has 78 valence electrons. The largest absolute Gasteiger partial charge is 0.338 e. The van der Waals surface area contributed by atoms with Gasteiger partial charge in [0.25, 0.3) is 5.79 Å². The number of ether oxygens (including phenoxy) is 2. The molecule has 1 aromatic rings. The number of ketones is 1. The summed E-state index contributed by atoms with van der Waals surface area (Å²) in [6, 6.07) is 4.29. The van der Waals surface area contributed by atoms with E-state index in [1.807, 2.05) is 0 Å². The second-order valence-corrected chi connectivity index (χ2v) is 3.71. The lowest BCUT2D eigenvalue weighted by Crippen LogP contribution is -2.32. The van der Waals surface area contributed by atoms with Gasteiger partial charge in [-0.3, -0.25) is 4.79 Å². The van der Waals surface area contributed by atoms with Crippen LogP contribution in [0.4, 0.5) is 4.39 Å². The van der Waals surface area contributed by atoms with Crippen molar-refractivity contribution >= 4 is 5.78 Å². The van der Waals surface area contributed by atoms with Crippen LogP contribution < -0.4 is 0 Å². The molecule has 15 heavy (non-hydrogen) atoms. The van der Waals surface area contributed by atoms with E-state index >= 15 is 0 Å². The summed E-state index contributed by atoms with van der Waals surface area (Å²) in [7, 11) is 0. The molecule has 2 aliphatic rings. The van der Waals surface area contributed by atoms with Crippen molar-refractivity contribution in [3.05, 3.63) is 35.1 Å². The number of Topliss-reactive ketones (excluding diaryl/α,β-unsaturated/α-hetero) is 1. The molecule has 0 N–H and O–H groups in total. The number of carbonyl (C=O) groups excluding carboxylic acids is 1. The van der Waals surface area contributed by atoms with Gasteiger partial charge in [-0.25, -0.2) is 4.39 Å². The van der Waals surface area contributed by atoms with Crippen molar-refractivity contribution in [2.75, 3.05) is 13.2 Å². The van der Waals surface area contributed by atoms with Gasteiger partial charge in [0.15, 0.2) is 0 Å². The SMILES string of the molecule is O=C1Cc2ccc(F)cc2C12OCCO2. The normalized spacial score (nSPS) is 22.3. The second-order valence-electron chi connectivity index (χ2n) is 3.71. The number of rotatable bonds is 0. The highest BCUT2D eigenvalue weighted by molar-refractivity contribution is 5.94. The Kier molecular flexibility index (Phi) is 1.72. The molecule has 1 aliphatic heterocycles. The molecular weight excluding hydrogens is 199 g/mol. The summed E-state index contributed by atoms with van der Waals surface area (Å²) in [5.41, 5.74) is 1.33. The molecule has 0 amide bonds. The fourth-order valence-corrected chi connectivity index (χ4v) is 2.18. The van der Waals surface area contributed by atoms with Crippen molar-refractivity contribution in [3.8, 4) is 0 Å². The highest BCUT2D eigenvalue weighted by Gasteiger charge is 2.51. The molecule has 1 heterocycles. The predicted octanol–water partition coefficient (Wildman–Crippen LogP) is 1.15. The van der Waals surface area contributed by atoms with Crippen LogP contribution in [0.1, 0.15) is 11.1 Å². The van der Waals surface area contributed by atoms with Crippen molar-refractivity contribution in [1.29, 1.82) is 0 Å². The van der Waals surface area contributed by atoms with Crippen molar-refractivity contribution in [2.24, 2.45) is 0 Å². The van der Waals surface area contributed by atoms with Gasteiger partial charge in [0.05, 0.1) is 13.2 Å². The molecule has 0 saturated carbocycles. The van der Waals surface area contributed by atoms with Crippen LogP contribution in [0.25, 0.3) is 0 Å². The van der Waals surface area contributed by atoms with Crippen LogP contribution in [0.15, 0.2) is 18.2 Å². The summed E-state index contributed by atoms with van der Waals surface area (Å²) in [5.74, 6) is -1.82. The Morgan fingerprint density at radius 3 is 2.73 bits per heavy atom. The predicted molar refractivity (Wildman–Crippen MR) is 48.7 cm³/mol. The molecule has 1 spiro atoms. The summed E-state index contributed by atoms with van der Waals surface area (Å²) in [5, 5.41) is 0. The number of fused-ring (bicyclic) bond motifs is 2. The van der Waals surface area contributed by atoms with E-state index in [-0.39, 0.29) is 18.0 Å². The first-order chi connectivity index (χ1) is 7.22. The monoisotopic (exact) mass is 208 g/mol. The van der Waals surface area contributed by atoms with Gasteiger partial charge in [-0.05, 0) is 17.7 Å². The average Bonchev–Trinajstić information content (AvgIpc) is 2.78. The third-order valence-corrected chi connectivity index (χ3v) is 2.84. The molecule has 0 bridgehead atoms. The maximum Gasteiger partial charge on any atom is 0.257 e. The summed E-state index contributed by atoms with van der Waals surface area (Å²) in [6.45, 7) is 0.753. The van der Waals surface area contributed by atoms with Crippen LogP contribution in [-0.2, 0) is 26.5 Å². The van der Waals surface area contributed by atoms with Crippen LogP contribution in [0.5, 0.6) is 0 Å². The fourth-order valence-electron chi connectivity index (χ4n) is 2.18. The molecule has 1 aromatic carbocycles. The lowest BCUT2D eigenvalue weighted by atomic mass is 10.1. The van der Waals surface area contributed by atoms with E-state index in [0.717, 1.165) is 5.56 Å². The zero-order chi connectivity index (χ0) is 10.5. The minimum atomic E-state index is -1.31. The van der Waals surface area contributed by atoms with Gasteiger partial charge < -0.3 is 9.47 Å². The van der Waals surface area contributed by atoms with Crippen LogP contribution >= 0.6 is 0 Å². The molecule has 0 radical (unpaired) electrons. The molecule has 1 aliphatic carbocycles. The zero-order valence-electron chi connectivity index (χ0n) is 7.96. The minimum Gasteiger partial charge on any atom is -0.338 e. The number of benzene rings is 1. The Morgan fingerprint density at radius 1 is 1.27 bits per heavy atom. The number of carbonyl (C=O) groups is 1. The molecule has 3 nitrogen and oxygen atoms in total. The zero-order valence-corrected chi connectivity index (χ0v) is 7.96. The maximum atomic E-state index is 13.1. The smallest absolute Gasteiger partial charge is 0.257 e. The van der Waals surface area contributed by atoms with Crippen LogP contribution in [0.3, 0.4) is 0 Å². The third kappa shape index (κ3) is 1.09. The summed E-state index contributed by atoms with van der Waals surface area (Å²) in [6.07, 6.45) is 0.260. The average molecular weight is 208 g/mol. The van der Waals surface area contributed by atoms with Gasteiger partial charge in [0.2, 0.25) is 5.78 Å². The van der Waals surface area contributed by atoms with Crippen molar-refractivity contribution in [1.82, 2.24) is 0 Å². The molecule has 0 atom stereocenters. The van der Waals surface area contributed by atoms with Gasteiger partial charge in [0.1, 0.15) is 5.82 Å². The molecule has 0 unspecified atom stereocenters. The Bertz CT molecular complexity index is 435. The van der Waals surface area contributed by atoms with E-state index in [9.17, 15) is 9.18 Å². The van der Waals surface area contributed by atoms with Crippen LogP contribution in [0.2, 0.25) is 0 Å². The van der Waals surface area contributed by atoms with E-state index in [0.29, 0.717) is 18.8 Å². The minimum absolute atomic E-state index is 0.138. The number of hydrogen-bond donors (Lipinski definition) is 0. The number of halogens is 1. The Balaban J connectivity index is 2.19. The third-order valence-electron chi connectivity index (χ3n) is 2.84. The van der Waals surface area contributed by atoms with Crippen molar-refractivity contribution in [3.63, 3.8) is 0 Å². The molecule has 1 saturated heterocycles. The standard InChI is InChI=1S/C11H9FO3/c12-8-2-1-7-5-10(13)11(9(7)6-8)14-3-4-15-11/h1-2,6H,3-5H2. The molecule has 3 rings (SSSR count). The molecule has 4 heteroatoms. The fraction of sp³-hybridized carbons (Fsp3) is 0.364. The Morgan fingerprint density at radius 2 is 2.00 bits per heavy atom. The van der Waals surface area contributed by atoms with Gasteiger partial charge in [-0.1, -0.05) is 6.07 Å². The van der Waals surface area contributed by atoms with E-state index in [1.165, 1.54) is 12.1 Å². The second kappa shape index (κ2) is 2.87.